The number of benzene rings is 1. The van der Waals surface area contributed by atoms with E-state index in [-0.39, 0.29) is 16.9 Å². The summed E-state index contributed by atoms with van der Waals surface area (Å²) in [6.07, 6.45) is 0. The molecule has 0 fully saturated rings. The van der Waals surface area contributed by atoms with E-state index in [4.69, 9.17) is 16.0 Å². The van der Waals surface area contributed by atoms with Crippen LogP contribution >= 0.6 is 34.2 Å². The van der Waals surface area contributed by atoms with Crippen molar-refractivity contribution in [2.75, 3.05) is 5.32 Å². The van der Waals surface area contributed by atoms with Crippen molar-refractivity contribution in [3.8, 4) is 0 Å². The Hall–Kier alpha value is -1.01. The lowest BCUT2D eigenvalue weighted by atomic mass is 10.3. The highest BCUT2D eigenvalue weighted by atomic mass is 127. The third kappa shape index (κ3) is 2.76. The van der Waals surface area contributed by atoms with E-state index >= 15 is 0 Å². The number of carbonyl (C=O) groups excluding carboxylic acids is 1. The first-order valence-electron chi connectivity index (χ1n) is 4.47. The van der Waals surface area contributed by atoms with E-state index < -0.39 is 0 Å². The molecule has 5 heteroatoms. The maximum absolute atomic E-state index is 11.6. The fourth-order valence-electron chi connectivity index (χ4n) is 1.16. The summed E-state index contributed by atoms with van der Waals surface area (Å²) in [6, 6.07) is 10.5. The fraction of sp³-hybridized carbons (Fsp3) is 0. The molecule has 2 aromatic rings. The zero-order valence-electron chi connectivity index (χ0n) is 8.04. The first-order valence-corrected chi connectivity index (χ1v) is 5.93. The minimum atomic E-state index is -0.312. The van der Waals surface area contributed by atoms with Crippen LogP contribution in [0, 0.1) is 3.57 Å². The average Bonchev–Trinajstić information content (AvgIpc) is 2.68. The molecule has 1 amide bonds. The van der Waals surface area contributed by atoms with E-state index in [1.165, 1.54) is 12.1 Å². The van der Waals surface area contributed by atoms with Crippen LogP contribution in [0.25, 0.3) is 0 Å². The van der Waals surface area contributed by atoms with Crippen molar-refractivity contribution < 1.29 is 9.21 Å². The molecule has 0 saturated carbocycles. The minimum Gasteiger partial charge on any atom is -0.440 e. The van der Waals surface area contributed by atoms with Crippen LogP contribution < -0.4 is 5.32 Å². The van der Waals surface area contributed by atoms with Crippen LogP contribution in [-0.4, -0.2) is 5.91 Å². The van der Waals surface area contributed by atoms with Gasteiger partial charge in [-0.2, -0.15) is 0 Å². The molecule has 0 atom stereocenters. The van der Waals surface area contributed by atoms with Crippen molar-refractivity contribution in [2.45, 2.75) is 0 Å². The van der Waals surface area contributed by atoms with Gasteiger partial charge in [0.15, 0.2) is 11.0 Å². The lowest BCUT2D eigenvalue weighted by molar-refractivity contribution is 0.0997. The van der Waals surface area contributed by atoms with Gasteiger partial charge in [0.25, 0.3) is 5.91 Å². The quantitative estimate of drug-likeness (QED) is 0.840. The molecule has 16 heavy (non-hydrogen) atoms. The topological polar surface area (TPSA) is 42.2 Å². The molecule has 82 valence electrons. The van der Waals surface area contributed by atoms with Crippen LogP contribution in [-0.2, 0) is 0 Å². The molecule has 3 nitrogen and oxygen atoms in total. The fourth-order valence-corrected chi connectivity index (χ4v) is 1.67. The number of nitrogens with one attached hydrogen (secondary N) is 1. The molecule has 1 heterocycles. The smallest absolute Gasteiger partial charge is 0.291 e. The molecule has 0 aliphatic heterocycles. The van der Waals surface area contributed by atoms with E-state index in [1.54, 1.807) is 0 Å². The SMILES string of the molecule is O=C(Nc1ccc(I)cc1)c1ccc(Cl)o1. The van der Waals surface area contributed by atoms with Gasteiger partial charge in [0.05, 0.1) is 0 Å². The molecule has 0 radical (unpaired) electrons. The van der Waals surface area contributed by atoms with E-state index in [0.29, 0.717) is 0 Å². The third-order valence-electron chi connectivity index (χ3n) is 1.90. The van der Waals surface area contributed by atoms with E-state index in [0.717, 1.165) is 9.26 Å². The summed E-state index contributed by atoms with van der Waals surface area (Å²) in [6.45, 7) is 0. The van der Waals surface area contributed by atoms with Crippen LogP contribution in [0.15, 0.2) is 40.8 Å². The maximum Gasteiger partial charge on any atom is 0.291 e. The number of anilines is 1. The Morgan fingerprint density at radius 1 is 1.19 bits per heavy atom. The Morgan fingerprint density at radius 2 is 1.88 bits per heavy atom. The highest BCUT2D eigenvalue weighted by Crippen LogP contribution is 2.16. The number of carbonyl (C=O) groups is 1. The number of hydrogen-bond acceptors (Lipinski definition) is 2. The van der Waals surface area contributed by atoms with Gasteiger partial charge in [0, 0.05) is 9.26 Å². The standard InChI is InChI=1S/C11H7ClINO2/c12-10-6-5-9(16-10)11(15)14-8-3-1-7(13)2-4-8/h1-6H,(H,14,15). The number of hydrogen-bond donors (Lipinski definition) is 1. The van der Waals surface area contributed by atoms with Gasteiger partial charge in [0.2, 0.25) is 0 Å². The van der Waals surface area contributed by atoms with Gasteiger partial charge in [-0.3, -0.25) is 4.79 Å². The summed E-state index contributed by atoms with van der Waals surface area (Å²) in [4.78, 5) is 11.6. The first-order chi connectivity index (χ1) is 7.65. The molecular weight excluding hydrogens is 340 g/mol. The summed E-state index contributed by atoms with van der Waals surface area (Å²) in [7, 11) is 0. The number of amides is 1. The second-order valence-corrected chi connectivity index (χ2v) is 4.68. The van der Waals surface area contributed by atoms with Gasteiger partial charge in [0.1, 0.15) is 0 Å². The second kappa shape index (κ2) is 4.88. The molecule has 0 aliphatic carbocycles. The normalized spacial score (nSPS) is 10.1. The molecule has 0 aliphatic rings. The van der Waals surface area contributed by atoms with Crippen molar-refractivity contribution in [3.05, 3.63) is 50.9 Å². The zero-order valence-corrected chi connectivity index (χ0v) is 10.9. The maximum atomic E-state index is 11.6. The first kappa shape index (κ1) is 11.5. The minimum absolute atomic E-state index is 0.198. The van der Waals surface area contributed by atoms with Gasteiger partial charge in [-0.1, -0.05) is 0 Å². The molecule has 0 spiro atoms. The Bertz CT molecular complexity index is 507. The number of rotatable bonds is 2. The molecule has 1 N–H and O–H groups in total. The van der Waals surface area contributed by atoms with Crippen molar-refractivity contribution in [1.29, 1.82) is 0 Å². The summed E-state index contributed by atoms with van der Waals surface area (Å²) >= 11 is 7.78. The molecule has 1 aromatic carbocycles. The summed E-state index contributed by atoms with van der Waals surface area (Å²) in [5.41, 5.74) is 0.720. The van der Waals surface area contributed by atoms with Crippen LogP contribution in [0.1, 0.15) is 10.6 Å². The van der Waals surface area contributed by atoms with Gasteiger partial charge < -0.3 is 9.73 Å². The van der Waals surface area contributed by atoms with Gasteiger partial charge in [-0.05, 0) is 70.6 Å². The second-order valence-electron chi connectivity index (χ2n) is 3.06. The zero-order chi connectivity index (χ0) is 11.5. The molecular formula is C11H7ClINO2. The molecule has 0 saturated heterocycles. The van der Waals surface area contributed by atoms with E-state index in [2.05, 4.69) is 27.9 Å². The number of furan rings is 1. The summed E-state index contributed by atoms with van der Waals surface area (Å²) in [5, 5.41) is 2.91. The van der Waals surface area contributed by atoms with Crippen LogP contribution in [0.5, 0.6) is 0 Å². The summed E-state index contributed by atoms with van der Waals surface area (Å²) in [5.74, 6) is -0.114. The van der Waals surface area contributed by atoms with Gasteiger partial charge >= 0.3 is 0 Å². The monoisotopic (exact) mass is 347 g/mol. The molecule has 2 rings (SSSR count). The Morgan fingerprint density at radius 3 is 2.44 bits per heavy atom. The molecule has 1 aromatic heterocycles. The van der Waals surface area contributed by atoms with Crippen molar-refractivity contribution in [1.82, 2.24) is 0 Å². The van der Waals surface area contributed by atoms with Gasteiger partial charge in [-0.15, -0.1) is 0 Å². The average molecular weight is 348 g/mol. The Labute approximate surface area is 111 Å². The molecule has 0 bridgehead atoms. The predicted octanol–water partition coefficient (Wildman–Crippen LogP) is 3.79. The summed E-state index contributed by atoms with van der Waals surface area (Å²) < 4.78 is 6.10. The lowest BCUT2D eigenvalue weighted by Gasteiger charge is -2.02. The van der Waals surface area contributed by atoms with Crippen LogP contribution in [0.2, 0.25) is 5.22 Å². The third-order valence-corrected chi connectivity index (χ3v) is 2.82. The van der Waals surface area contributed by atoms with Crippen molar-refractivity contribution >= 4 is 45.8 Å². The van der Waals surface area contributed by atoms with Crippen molar-refractivity contribution in [2.24, 2.45) is 0 Å². The Balaban J connectivity index is 2.10. The van der Waals surface area contributed by atoms with Crippen molar-refractivity contribution in [3.63, 3.8) is 0 Å². The highest BCUT2D eigenvalue weighted by Gasteiger charge is 2.10. The van der Waals surface area contributed by atoms with E-state index in [1.807, 2.05) is 24.3 Å². The molecule has 0 unspecified atom stereocenters. The Kier molecular flexibility index (Phi) is 3.50. The highest BCUT2D eigenvalue weighted by molar-refractivity contribution is 14.1. The lowest BCUT2D eigenvalue weighted by Crippen LogP contribution is -2.10. The van der Waals surface area contributed by atoms with Crippen LogP contribution in [0.3, 0.4) is 0 Å². The predicted molar refractivity (Wildman–Crippen MR) is 70.8 cm³/mol. The van der Waals surface area contributed by atoms with Crippen LogP contribution in [0.4, 0.5) is 5.69 Å². The van der Waals surface area contributed by atoms with Gasteiger partial charge in [-0.25, -0.2) is 0 Å². The number of halogens is 2. The largest absolute Gasteiger partial charge is 0.440 e. The van der Waals surface area contributed by atoms with E-state index in [9.17, 15) is 4.79 Å².